The highest BCUT2D eigenvalue weighted by molar-refractivity contribution is 6.33. The Morgan fingerprint density at radius 3 is 2.19 bits per heavy atom. The molecule has 1 saturated heterocycles. The van der Waals surface area contributed by atoms with E-state index in [0.29, 0.717) is 42.6 Å². The summed E-state index contributed by atoms with van der Waals surface area (Å²) in [6.07, 6.45) is -3.72. The molecule has 2 heterocycles. The first-order valence-electron chi connectivity index (χ1n) is 7.78. The number of benzene rings is 1. The summed E-state index contributed by atoms with van der Waals surface area (Å²) < 4.78 is 38.1. The molecule has 1 fully saturated rings. The molecule has 1 aliphatic heterocycles. The van der Waals surface area contributed by atoms with Gasteiger partial charge in [-0.15, -0.1) is 0 Å². The van der Waals surface area contributed by atoms with E-state index in [0.717, 1.165) is 12.3 Å². The Kier molecular flexibility index (Phi) is 5.29. The van der Waals surface area contributed by atoms with E-state index in [1.54, 1.807) is 34.1 Å². The van der Waals surface area contributed by atoms with E-state index in [9.17, 15) is 18.0 Å². The molecule has 4 nitrogen and oxygen atoms in total. The van der Waals surface area contributed by atoms with Gasteiger partial charge in [-0.3, -0.25) is 4.79 Å². The molecule has 0 unspecified atom stereocenters. The first-order chi connectivity index (χ1) is 12.3. The Bertz CT molecular complexity index is 804. The highest BCUT2D eigenvalue weighted by atomic mass is 35.5. The van der Waals surface area contributed by atoms with Gasteiger partial charge in [-0.1, -0.05) is 23.2 Å². The van der Waals surface area contributed by atoms with E-state index in [1.165, 1.54) is 0 Å². The number of carbonyl (C=O) groups is 1. The molecule has 0 bridgehead atoms. The zero-order valence-electron chi connectivity index (χ0n) is 13.4. The summed E-state index contributed by atoms with van der Waals surface area (Å²) in [7, 11) is 0. The van der Waals surface area contributed by atoms with E-state index in [1.807, 2.05) is 0 Å². The highest BCUT2D eigenvalue weighted by Crippen LogP contribution is 2.33. The number of rotatable bonds is 2. The van der Waals surface area contributed by atoms with Crippen LogP contribution >= 0.6 is 23.2 Å². The molecule has 1 aromatic carbocycles. The van der Waals surface area contributed by atoms with Crippen molar-refractivity contribution in [2.24, 2.45) is 0 Å². The molecular weight excluding hydrogens is 390 g/mol. The van der Waals surface area contributed by atoms with Crippen molar-refractivity contribution in [1.82, 2.24) is 9.88 Å². The Morgan fingerprint density at radius 1 is 1.04 bits per heavy atom. The first-order valence-corrected chi connectivity index (χ1v) is 8.54. The lowest BCUT2D eigenvalue weighted by atomic mass is 10.2. The number of nitrogens with zero attached hydrogens (tertiary/aromatic N) is 3. The molecule has 0 saturated carbocycles. The molecule has 0 radical (unpaired) electrons. The fourth-order valence-electron chi connectivity index (χ4n) is 2.71. The van der Waals surface area contributed by atoms with Crippen molar-refractivity contribution in [3.63, 3.8) is 0 Å². The largest absolute Gasteiger partial charge is 0.417 e. The zero-order chi connectivity index (χ0) is 18.9. The summed E-state index contributed by atoms with van der Waals surface area (Å²) in [4.78, 5) is 19.8. The van der Waals surface area contributed by atoms with Crippen molar-refractivity contribution >= 4 is 34.9 Å². The van der Waals surface area contributed by atoms with Crippen molar-refractivity contribution in [1.29, 1.82) is 0 Å². The third-order valence-electron chi connectivity index (χ3n) is 4.11. The van der Waals surface area contributed by atoms with Crippen LogP contribution < -0.4 is 4.90 Å². The number of piperazine rings is 1. The zero-order valence-corrected chi connectivity index (χ0v) is 14.9. The molecule has 1 aromatic heterocycles. The van der Waals surface area contributed by atoms with E-state index >= 15 is 0 Å². The number of halogens is 5. The van der Waals surface area contributed by atoms with Crippen LogP contribution in [-0.4, -0.2) is 42.0 Å². The predicted octanol–water partition coefficient (Wildman–Crippen LogP) is 4.37. The van der Waals surface area contributed by atoms with Gasteiger partial charge in [-0.2, -0.15) is 13.2 Å². The summed E-state index contributed by atoms with van der Waals surface area (Å²) in [5.74, 6) is 0.172. The van der Waals surface area contributed by atoms with E-state index in [4.69, 9.17) is 23.2 Å². The van der Waals surface area contributed by atoms with Gasteiger partial charge in [0.25, 0.3) is 5.91 Å². The van der Waals surface area contributed by atoms with Crippen LogP contribution in [0, 0.1) is 0 Å². The molecule has 1 aliphatic rings. The summed E-state index contributed by atoms with van der Waals surface area (Å²) in [5, 5.41) is 0.492. The number of hydrogen-bond acceptors (Lipinski definition) is 3. The van der Waals surface area contributed by atoms with Gasteiger partial charge in [0.1, 0.15) is 5.82 Å². The molecule has 9 heteroatoms. The molecule has 2 aromatic rings. The maximum absolute atomic E-state index is 12.7. The van der Waals surface area contributed by atoms with Crippen LogP contribution in [0.3, 0.4) is 0 Å². The maximum Gasteiger partial charge on any atom is 0.417 e. The normalized spacial score (nSPS) is 15.3. The molecule has 0 spiro atoms. The quantitative estimate of drug-likeness (QED) is 0.746. The van der Waals surface area contributed by atoms with Gasteiger partial charge in [0.2, 0.25) is 0 Å². The number of anilines is 1. The molecule has 0 atom stereocenters. The van der Waals surface area contributed by atoms with Gasteiger partial charge in [-0.25, -0.2) is 4.98 Å². The minimum absolute atomic E-state index is 0.0581. The van der Waals surface area contributed by atoms with Crippen LogP contribution in [0.15, 0.2) is 36.5 Å². The minimum atomic E-state index is -4.49. The number of pyridine rings is 1. The fraction of sp³-hybridized carbons (Fsp3) is 0.294. The van der Waals surface area contributed by atoms with Crippen molar-refractivity contribution < 1.29 is 18.0 Å². The maximum atomic E-state index is 12.7. The van der Waals surface area contributed by atoms with Crippen molar-refractivity contribution in [2.75, 3.05) is 31.1 Å². The number of aromatic nitrogens is 1. The molecule has 0 aliphatic carbocycles. The standard InChI is InChI=1S/C17H14Cl2F3N3O/c18-13-3-1-11(2-4-13)16(26)25-7-5-24(6-8-25)15-14(19)9-12(10-23-15)17(20,21)22/h1-4,9-10H,5-8H2. The molecule has 0 N–H and O–H groups in total. The van der Waals surface area contributed by atoms with Crippen LogP contribution in [0.1, 0.15) is 15.9 Å². The first kappa shape index (κ1) is 18.8. The van der Waals surface area contributed by atoms with Gasteiger partial charge in [0.05, 0.1) is 10.6 Å². The Labute approximate surface area is 158 Å². The average Bonchev–Trinajstić information content (AvgIpc) is 2.61. The van der Waals surface area contributed by atoms with E-state index < -0.39 is 11.7 Å². The number of alkyl halides is 3. The highest BCUT2D eigenvalue weighted by Gasteiger charge is 2.32. The second-order valence-corrected chi connectivity index (χ2v) is 6.66. The van der Waals surface area contributed by atoms with Crippen molar-refractivity contribution in [3.8, 4) is 0 Å². The fourth-order valence-corrected chi connectivity index (χ4v) is 3.13. The number of carbonyl (C=O) groups excluding carboxylic acids is 1. The van der Waals surface area contributed by atoms with Gasteiger partial charge < -0.3 is 9.80 Å². The third-order valence-corrected chi connectivity index (χ3v) is 4.64. The van der Waals surface area contributed by atoms with Crippen LogP contribution in [0.5, 0.6) is 0 Å². The third kappa shape index (κ3) is 4.04. The van der Waals surface area contributed by atoms with Crippen LogP contribution in [-0.2, 0) is 6.18 Å². The van der Waals surface area contributed by atoms with Crippen molar-refractivity contribution in [2.45, 2.75) is 6.18 Å². The van der Waals surface area contributed by atoms with Gasteiger partial charge in [0, 0.05) is 43.0 Å². The number of hydrogen-bond donors (Lipinski definition) is 0. The monoisotopic (exact) mass is 403 g/mol. The van der Waals surface area contributed by atoms with Gasteiger partial charge in [0.15, 0.2) is 0 Å². The summed E-state index contributed by atoms with van der Waals surface area (Å²) in [6.45, 7) is 1.69. The van der Waals surface area contributed by atoms with E-state index in [2.05, 4.69) is 4.98 Å². The lowest BCUT2D eigenvalue weighted by Gasteiger charge is -2.35. The Morgan fingerprint density at radius 2 is 1.65 bits per heavy atom. The molecule has 1 amide bonds. The Hall–Kier alpha value is -1.99. The molecule has 3 rings (SSSR count). The number of amides is 1. The second-order valence-electron chi connectivity index (χ2n) is 5.81. The minimum Gasteiger partial charge on any atom is -0.352 e. The van der Waals surface area contributed by atoms with Gasteiger partial charge in [-0.05, 0) is 30.3 Å². The summed E-state index contributed by atoms with van der Waals surface area (Å²) in [6, 6.07) is 7.49. The lowest BCUT2D eigenvalue weighted by Crippen LogP contribution is -2.49. The second kappa shape index (κ2) is 7.32. The topological polar surface area (TPSA) is 36.4 Å². The summed E-state index contributed by atoms with van der Waals surface area (Å²) in [5.41, 5.74) is -0.351. The van der Waals surface area contributed by atoms with Crippen LogP contribution in [0.4, 0.5) is 19.0 Å². The average molecular weight is 404 g/mol. The lowest BCUT2D eigenvalue weighted by molar-refractivity contribution is -0.137. The van der Waals surface area contributed by atoms with E-state index in [-0.39, 0.29) is 10.9 Å². The molecule has 138 valence electrons. The molecule has 26 heavy (non-hydrogen) atoms. The molecular formula is C17H14Cl2F3N3O. The van der Waals surface area contributed by atoms with Crippen LogP contribution in [0.2, 0.25) is 10.0 Å². The van der Waals surface area contributed by atoms with Crippen LogP contribution in [0.25, 0.3) is 0 Å². The van der Waals surface area contributed by atoms with Crippen molar-refractivity contribution in [3.05, 3.63) is 57.7 Å². The predicted molar refractivity (Wildman–Crippen MR) is 93.8 cm³/mol. The SMILES string of the molecule is O=C(c1ccc(Cl)cc1)N1CCN(c2ncc(C(F)(F)F)cc2Cl)CC1. The summed E-state index contributed by atoms with van der Waals surface area (Å²) >= 11 is 11.8. The Balaban J connectivity index is 1.67. The smallest absolute Gasteiger partial charge is 0.352 e. The van der Waals surface area contributed by atoms with Gasteiger partial charge >= 0.3 is 6.18 Å².